The summed E-state index contributed by atoms with van der Waals surface area (Å²) in [5.41, 5.74) is 1.05. The molecule has 3 nitrogen and oxygen atoms in total. The van der Waals surface area contributed by atoms with Crippen molar-refractivity contribution >= 4 is 22.0 Å². The van der Waals surface area contributed by atoms with Gasteiger partial charge in [0, 0.05) is 17.8 Å². The Kier molecular flexibility index (Phi) is 2.94. The monoisotopic (exact) mass is 279 g/mol. The van der Waals surface area contributed by atoms with Crippen LogP contribution in [-0.4, -0.2) is 9.38 Å². The molecule has 0 saturated carbocycles. The van der Waals surface area contributed by atoms with Gasteiger partial charge in [0.25, 0.3) is 0 Å². The molecule has 0 fully saturated rings. The van der Waals surface area contributed by atoms with E-state index in [1.54, 1.807) is 6.92 Å². The summed E-state index contributed by atoms with van der Waals surface area (Å²) in [5.74, 6) is -1.15. The Bertz CT molecular complexity index is 704. The highest BCUT2D eigenvalue weighted by atomic mass is 32.1. The van der Waals surface area contributed by atoms with Crippen LogP contribution in [-0.2, 0) is 6.54 Å². The molecule has 2 heterocycles. The number of rotatable bonds is 3. The second-order valence-electron chi connectivity index (χ2n) is 4.23. The van der Waals surface area contributed by atoms with Crippen molar-refractivity contribution in [1.82, 2.24) is 9.38 Å². The quantitative estimate of drug-likeness (QED) is 0.794. The number of hydrogen-bond acceptors (Lipinski definition) is 3. The maximum absolute atomic E-state index is 13.8. The summed E-state index contributed by atoms with van der Waals surface area (Å²) in [4.78, 5) is 5.21. The third-order valence-electron chi connectivity index (χ3n) is 2.87. The van der Waals surface area contributed by atoms with Crippen molar-refractivity contribution in [2.45, 2.75) is 13.5 Å². The summed E-state index contributed by atoms with van der Waals surface area (Å²) in [6.45, 7) is 1.89. The highest BCUT2D eigenvalue weighted by Crippen LogP contribution is 2.22. The maximum atomic E-state index is 13.8. The predicted molar refractivity (Wildman–Crippen MR) is 71.5 cm³/mol. The molecular formula is C13H11F2N3S. The highest BCUT2D eigenvalue weighted by molar-refractivity contribution is 7.15. The normalized spacial score (nSPS) is 11.1. The smallest absolute Gasteiger partial charge is 0.193 e. The SMILES string of the molecule is Cc1ccc(F)c(NCc2cn3ccsc3n2)c1F. The summed E-state index contributed by atoms with van der Waals surface area (Å²) in [6, 6.07) is 2.68. The zero-order valence-electron chi connectivity index (χ0n) is 10.2. The number of hydrogen-bond donors (Lipinski definition) is 1. The molecule has 0 amide bonds. The fourth-order valence-electron chi connectivity index (χ4n) is 1.86. The van der Waals surface area contributed by atoms with E-state index in [-0.39, 0.29) is 12.2 Å². The van der Waals surface area contributed by atoms with Gasteiger partial charge in [0.05, 0.1) is 12.2 Å². The first-order valence-corrected chi connectivity index (χ1v) is 6.62. The number of thiazole rings is 1. The molecule has 0 bridgehead atoms. The van der Waals surface area contributed by atoms with Gasteiger partial charge in [-0.25, -0.2) is 13.8 Å². The van der Waals surface area contributed by atoms with Gasteiger partial charge in [0.2, 0.25) is 0 Å². The van der Waals surface area contributed by atoms with Crippen molar-refractivity contribution in [3.8, 4) is 0 Å². The minimum absolute atomic E-state index is 0.101. The van der Waals surface area contributed by atoms with Gasteiger partial charge in [0.1, 0.15) is 11.5 Å². The summed E-state index contributed by atoms with van der Waals surface area (Å²) >= 11 is 1.51. The standard InChI is InChI=1S/C13H11F2N3S/c1-8-2-3-10(14)12(11(8)15)16-6-9-7-18-4-5-19-13(18)17-9/h2-5,7,16H,6H2,1H3. The summed E-state index contributed by atoms with van der Waals surface area (Å²) in [5, 5.41) is 4.70. The number of aromatic nitrogens is 2. The van der Waals surface area contributed by atoms with Gasteiger partial charge in [-0.05, 0) is 18.6 Å². The largest absolute Gasteiger partial charge is 0.375 e. The minimum Gasteiger partial charge on any atom is -0.375 e. The van der Waals surface area contributed by atoms with Crippen LogP contribution in [0.25, 0.3) is 4.96 Å². The van der Waals surface area contributed by atoms with Gasteiger partial charge >= 0.3 is 0 Å². The van der Waals surface area contributed by atoms with Gasteiger partial charge in [-0.3, -0.25) is 4.40 Å². The number of nitrogens with zero attached hydrogens (tertiary/aromatic N) is 2. The Balaban J connectivity index is 1.83. The molecule has 6 heteroatoms. The topological polar surface area (TPSA) is 29.3 Å². The summed E-state index contributed by atoms with van der Waals surface area (Å²) in [6.07, 6.45) is 3.73. The second kappa shape index (κ2) is 4.62. The van der Waals surface area contributed by atoms with E-state index in [9.17, 15) is 8.78 Å². The second-order valence-corrected chi connectivity index (χ2v) is 5.10. The molecule has 0 spiro atoms. The van der Waals surface area contributed by atoms with Crippen molar-refractivity contribution in [1.29, 1.82) is 0 Å². The molecule has 1 N–H and O–H groups in total. The maximum Gasteiger partial charge on any atom is 0.193 e. The van der Waals surface area contributed by atoms with Crippen LogP contribution in [0.1, 0.15) is 11.3 Å². The van der Waals surface area contributed by atoms with Gasteiger partial charge in [-0.2, -0.15) is 0 Å². The van der Waals surface area contributed by atoms with Crippen LogP contribution < -0.4 is 5.32 Å². The summed E-state index contributed by atoms with van der Waals surface area (Å²) < 4.78 is 29.2. The van der Waals surface area contributed by atoms with E-state index in [0.29, 0.717) is 5.56 Å². The van der Waals surface area contributed by atoms with Gasteiger partial charge in [0.15, 0.2) is 10.8 Å². The molecule has 1 aromatic carbocycles. The fraction of sp³-hybridized carbons (Fsp3) is 0.154. The molecule has 0 saturated heterocycles. The number of aryl methyl sites for hydroxylation is 1. The summed E-state index contributed by atoms with van der Waals surface area (Å²) in [7, 11) is 0. The van der Waals surface area contributed by atoms with Crippen molar-refractivity contribution in [3.05, 3.63) is 52.8 Å². The number of nitrogens with one attached hydrogen (secondary N) is 1. The van der Waals surface area contributed by atoms with Crippen molar-refractivity contribution in [2.24, 2.45) is 0 Å². The van der Waals surface area contributed by atoms with E-state index in [1.165, 1.54) is 23.5 Å². The molecule has 0 radical (unpaired) electrons. The van der Waals surface area contributed by atoms with Gasteiger partial charge in [-0.1, -0.05) is 6.07 Å². The fourth-order valence-corrected chi connectivity index (χ4v) is 2.58. The van der Waals surface area contributed by atoms with E-state index >= 15 is 0 Å². The van der Waals surface area contributed by atoms with E-state index in [1.807, 2.05) is 22.2 Å². The van der Waals surface area contributed by atoms with Crippen LogP contribution >= 0.6 is 11.3 Å². The number of imidazole rings is 1. The molecular weight excluding hydrogens is 268 g/mol. The molecule has 0 aliphatic rings. The zero-order chi connectivity index (χ0) is 13.4. The third-order valence-corrected chi connectivity index (χ3v) is 3.64. The van der Waals surface area contributed by atoms with Crippen molar-refractivity contribution in [3.63, 3.8) is 0 Å². The lowest BCUT2D eigenvalue weighted by atomic mass is 10.2. The molecule has 3 rings (SSSR count). The molecule has 2 aromatic heterocycles. The lowest BCUT2D eigenvalue weighted by molar-refractivity contribution is 0.582. The van der Waals surface area contributed by atoms with Gasteiger partial charge < -0.3 is 5.32 Å². The molecule has 98 valence electrons. The molecule has 0 atom stereocenters. The Morgan fingerprint density at radius 2 is 2.21 bits per heavy atom. The lowest BCUT2D eigenvalue weighted by Gasteiger charge is -2.08. The highest BCUT2D eigenvalue weighted by Gasteiger charge is 2.11. The molecule has 0 unspecified atom stereocenters. The molecule has 19 heavy (non-hydrogen) atoms. The minimum atomic E-state index is -0.593. The predicted octanol–water partition coefficient (Wildman–Crippen LogP) is 3.59. The van der Waals surface area contributed by atoms with Crippen molar-refractivity contribution in [2.75, 3.05) is 5.32 Å². The Morgan fingerprint density at radius 3 is 3.00 bits per heavy atom. The van der Waals surface area contributed by atoms with E-state index in [4.69, 9.17) is 0 Å². The number of benzene rings is 1. The Hall–Kier alpha value is -1.95. The first-order valence-electron chi connectivity index (χ1n) is 5.74. The third kappa shape index (κ3) is 2.19. The lowest BCUT2D eigenvalue weighted by Crippen LogP contribution is -2.05. The average molecular weight is 279 g/mol. The molecule has 0 aliphatic carbocycles. The number of fused-ring (bicyclic) bond motifs is 1. The van der Waals surface area contributed by atoms with Crippen LogP contribution in [0.5, 0.6) is 0 Å². The zero-order valence-corrected chi connectivity index (χ0v) is 11.0. The first-order chi connectivity index (χ1) is 9.15. The van der Waals surface area contributed by atoms with Crippen LogP contribution in [0.4, 0.5) is 14.5 Å². The molecule has 0 aliphatic heterocycles. The van der Waals surface area contributed by atoms with E-state index in [0.717, 1.165) is 10.7 Å². The van der Waals surface area contributed by atoms with Gasteiger partial charge in [-0.15, -0.1) is 11.3 Å². The number of anilines is 1. The van der Waals surface area contributed by atoms with Crippen molar-refractivity contribution < 1.29 is 8.78 Å². The van der Waals surface area contributed by atoms with E-state index < -0.39 is 11.6 Å². The van der Waals surface area contributed by atoms with Crippen LogP contribution in [0.3, 0.4) is 0 Å². The van der Waals surface area contributed by atoms with Crippen LogP contribution in [0.2, 0.25) is 0 Å². The first kappa shape index (κ1) is 12.1. The Labute approximate surface area is 112 Å². The number of halogens is 2. The molecule has 3 aromatic rings. The van der Waals surface area contributed by atoms with Crippen LogP contribution in [0, 0.1) is 18.6 Å². The Morgan fingerprint density at radius 1 is 1.37 bits per heavy atom. The van der Waals surface area contributed by atoms with E-state index in [2.05, 4.69) is 10.3 Å². The van der Waals surface area contributed by atoms with Crippen LogP contribution in [0.15, 0.2) is 29.9 Å². The average Bonchev–Trinajstić information content (AvgIpc) is 2.95.